The van der Waals surface area contributed by atoms with E-state index in [1.54, 1.807) is 37.3 Å². The highest BCUT2D eigenvalue weighted by Gasteiger charge is 2.06. The number of rotatable bonds is 3. The van der Waals surface area contributed by atoms with Crippen LogP contribution in [-0.4, -0.2) is 10.9 Å². The van der Waals surface area contributed by atoms with Crippen LogP contribution < -0.4 is 10.9 Å². The highest BCUT2D eigenvalue weighted by molar-refractivity contribution is 5.94. The molecule has 0 fully saturated rings. The standard InChI is InChI=1S/C18H15FN2O2/c1-11-7-13-5-6-15(10-16(13)21-18(11)23)20-17(22)9-12-3-2-4-14(19)8-12/h2-8,10H,9H2,1H3,(H,20,22)(H,21,23). The van der Waals surface area contributed by atoms with Crippen LogP contribution in [0, 0.1) is 12.7 Å². The number of carbonyl (C=O) groups is 1. The molecule has 1 heterocycles. The number of amides is 1. The van der Waals surface area contributed by atoms with Crippen LogP contribution in [0.1, 0.15) is 11.1 Å². The molecule has 0 atom stereocenters. The average molecular weight is 310 g/mol. The smallest absolute Gasteiger partial charge is 0.251 e. The second-order valence-electron chi connectivity index (χ2n) is 5.44. The fourth-order valence-corrected chi connectivity index (χ4v) is 2.43. The van der Waals surface area contributed by atoms with Crippen molar-refractivity contribution in [3.8, 4) is 0 Å². The summed E-state index contributed by atoms with van der Waals surface area (Å²) in [7, 11) is 0. The van der Waals surface area contributed by atoms with E-state index in [9.17, 15) is 14.0 Å². The Balaban J connectivity index is 1.79. The third-order valence-corrected chi connectivity index (χ3v) is 3.57. The molecule has 0 radical (unpaired) electrons. The highest BCUT2D eigenvalue weighted by atomic mass is 19.1. The molecule has 0 unspecified atom stereocenters. The van der Waals surface area contributed by atoms with Gasteiger partial charge in [0.2, 0.25) is 5.91 Å². The van der Waals surface area contributed by atoms with E-state index in [1.807, 2.05) is 6.07 Å². The number of aromatic amines is 1. The summed E-state index contributed by atoms with van der Waals surface area (Å²) in [5.74, 6) is -0.613. The molecule has 0 aliphatic rings. The van der Waals surface area contributed by atoms with E-state index in [0.29, 0.717) is 22.3 Å². The first-order valence-electron chi connectivity index (χ1n) is 7.19. The third-order valence-electron chi connectivity index (χ3n) is 3.57. The van der Waals surface area contributed by atoms with Crippen molar-refractivity contribution in [1.29, 1.82) is 0 Å². The van der Waals surface area contributed by atoms with E-state index in [2.05, 4.69) is 10.3 Å². The minimum atomic E-state index is -0.367. The van der Waals surface area contributed by atoms with Gasteiger partial charge in [0.25, 0.3) is 5.56 Å². The van der Waals surface area contributed by atoms with Gasteiger partial charge in [0.1, 0.15) is 5.82 Å². The molecule has 1 amide bonds. The minimum absolute atomic E-state index is 0.0835. The minimum Gasteiger partial charge on any atom is -0.326 e. The molecule has 0 saturated heterocycles. The normalized spacial score (nSPS) is 10.7. The molecule has 0 aliphatic heterocycles. The molecule has 4 nitrogen and oxygen atoms in total. The van der Waals surface area contributed by atoms with Crippen LogP contribution in [0.4, 0.5) is 10.1 Å². The average Bonchev–Trinajstić information content (AvgIpc) is 2.48. The zero-order valence-corrected chi connectivity index (χ0v) is 12.5. The molecule has 1 aromatic heterocycles. The first kappa shape index (κ1) is 15.0. The molecule has 5 heteroatoms. The Labute approximate surface area is 132 Å². The zero-order valence-electron chi connectivity index (χ0n) is 12.5. The Morgan fingerprint density at radius 1 is 1.17 bits per heavy atom. The summed E-state index contributed by atoms with van der Waals surface area (Å²) >= 11 is 0. The van der Waals surface area contributed by atoms with Crippen molar-refractivity contribution in [2.75, 3.05) is 5.32 Å². The van der Waals surface area contributed by atoms with Crippen molar-refractivity contribution >= 4 is 22.5 Å². The van der Waals surface area contributed by atoms with Gasteiger partial charge in [-0.1, -0.05) is 18.2 Å². The fraction of sp³-hybridized carbons (Fsp3) is 0.111. The van der Waals surface area contributed by atoms with E-state index in [4.69, 9.17) is 0 Å². The third kappa shape index (κ3) is 3.45. The summed E-state index contributed by atoms with van der Waals surface area (Å²) in [5, 5.41) is 3.65. The lowest BCUT2D eigenvalue weighted by molar-refractivity contribution is -0.115. The van der Waals surface area contributed by atoms with Crippen LogP contribution in [0.3, 0.4) is 0 Å². The van der Waals surface area contributed by atoms with Crippen molar-refractivity contribution in [1.82, 2.24) is 4.98 Å². The quantitative estimate of drug-likeness (QED) is 0.780. The van der Waals surface area contributed by atoms with Crippen molar-refractivity contribution in [3.05, 3.63) is 75.8 Å². The molecule has 0 aliphatic carbocycles. The lowest BCUT2D eigenvalue weighted by Gasteiger charge is -2.07. The number of hydrogen-bond donors (Lipinski definition) is 2. The number of halogens is 1. The van der Waals surface area contributed by atoms with Gasteiger partial charge in [-0.2, -0.15) is 0 Å². The maximum atomic E-state index is 13.1. The Morgan fingerprint density at radius 2 is 2.00 bits per heavy atom. The highest BCUT2D eigenvalue weighted by Crippen LogP contribution is 2.17. The van der Waals surface area contributed by atoms with Gasteiger partial charge in [-0.05, 0) is 48.2 Å². The maximum Gasteiger partial charge on any atom is 0.251 e. The predicted molar refractivity (Wildman–Crippen MR) is 88.0 cm³/mol. The zero-order chi connectivity index (χ0) is 16.4. The molecule has 0 spiro atoms. The van der Waals surface area contributed by atoms with Crippen LogP contribution in [0.2, 0.25) is 0 Å². The molecule has 3 aromatic rings. The summed E-state index contributed by atoms with van der Waals surface area (Å²) in [6.45, 7) is 1.74. The molecule has 3 rings (SSSR count). The number of aryl methyl sites for hydroxylation is 1. The first-order valence-corrected chi connectivity index (χ1v) is 7.19. The molecular formula is C18H15FN2O2. The van der Waals surface area contributed by atoms with Crippen LogP contribution in [-0.2, 0) is 11.2 Å². The first-order chi connectivity index (χ1) is 11.0. The van der Waals surface area contributed by atoms with Crippen molar-refractivity contribution < 1.29 is 9.18 Å². The van der Waals surface area contributed by atoms with Crippen molar-refractivity contribution in [2.45, 2.75) is 13.3 Å². The van der Waals surface area contributed by atoms with Gasteiger partial charge < -0.3 is 10.3 Å². The van der Waals surface area contributed by atoms with Crippen LogP contribution >= 0.6 is 0 Å². The Hall–Kier alpha value is -2.95. The van der Waals surface area contributed by atoms with Gasteiger partial charge in [0.05, 0.1) is 11.9 Å². The molecule has 2 aromatic carbocycles. The summed E-state index contributed by atoms with van der Waals surface area (Å²) in [4.78, 5) is 26.5. The Bertz CT molecular complexity index is 947. The molecule has 0 bridgehead atoms. The molecule has 0 saturated carbocycles. The second-order valence-corrected chi connectivity index (χ2v) is 5.44. The van der Waals surface area contributed by atoms with Crippen molar-refractivity contribution in [2.24, 2.45) is 0 Å². The lowest BCUT2D eigenvalue weighted by Crippen LogP contribution is -2.15. The molecule has 2 N–H and O–H groups in total. The van der Waals surface area contributed by atoms with E-state index < -0.39 is 0 Å². The maximum absolute atomic E-state index is 13.1. The van der Waals surface area contributed by atoms with Crippen molar-refractivity contribution in [3.63, 3.8) is 0 Å². The number of nitrogens with one attached hydrogen (secondary N) is 2. The number of H-pyrrole nitrogens is 1. The van der Waals surface area contributed by atoms with Crippen LogP contribution in [0.25, 0.3) is 10.9 Å². The predicted octanol–water partition coefficient (Wildman–Crippen LogP) is 3.16. The number of aromatic nitrogens is 1. The van der Waals surface area contributed by atoms with Gasteiger partial charge in [-0.15, -0.1) is 0 Å². The van der Waals surface area contributed by atoms with Gasteiger partial charge in [0.15, 0.2) is 0 Å². The van der Waals surface area contributed by atoms with Crippen LogP contribution in [0.15, 0.2) is 53.3 Å². The van der Waals surface area contributed by atoms with E-state index in [-0.39, 0.29) is 23.7 Å². The second kappa shape index (κ2) is 6.04. The summed E-state index contributed by atoms with van der Waals surface area (Å²) in [6, 6.07) is 13.0. The number of carbonyl (C=O) groups excluding carboxylic acids is 1. The number of benzene rings is 2. The topological polar surface area (TPSA) is 62.0 Å². The Morgan fingerprint density at radius 3 is 2.78 bits per heavy atom. The number of fused-ring (bicyclic) bond motifs is 1. The Kier molecular flexibility index (Phi) is 3.93. The van der Waals surface area contributed by atoms with Gasteiger partial charge in [0, 0.05) is 11.3 Å². The summed E-state index contributed by atoms with van der Waals surface area (Å²) in [6.07, 6.45) is 0.0835. The van der Waals surface area contributed by atoms with E-state index in [0.717, 1.165) is 5.39 Å². The number of pyridine rings is 1. The van der Waals surface area contributed by atoms with Gasteiger partial charge in [-0.3, -0.25) is 9.59 Å². The molecule has 23 heavy (non-hydrogen) atoms. The van der Waals surface area contributed by atoms with E-state index in [1.165, 1.54) is 12.1 Å². The fourth-order valence-electron chi connectivity index (χ4n) is 2.43. The monoisotopic (exact) mass is 310 g/mol. The van der Waals surface area contributed by atoms with E-state index >= 15 is 0 Å². The molecule has 116 valence electrons. The van der Waals surface area contributed by atoms with Gasteiger partial charge >= 0.3 is 0 Å². The SMILES string of the molecule is Cc1cc2ccc(NC(=O)Cc3cccc(F)c3)cc2[nH]c1=O. The number of hydrogen-bond acceptors (Lipinski definition) is 2. The lowest BCUT2D eigenvalue weighted by atomic mass is 10.1. The van der Waals surface area contributed by atoms with Gasteiger partial charge in [-0.25, -0.2) is 4.39 Å². The molecular weight excluding hydrogens is 295 g/mol. The largest absolute Gasteiger partial charge is 0.326 e. The summed E-state index contributed by atoms with van der Waals surface area (Å²) in [5.41, 5.74) is 2.33. The number of anilines is 1. The van der Waals surface area contributed by atoms with Crippen LogP contribution in [0.5, 0.6) is 0 Å². The summed E-state index contributed by atoms with van der Waals surface area (Å²) < 4.78 is 13.1.